The van der Waals surface area contributed by atoms with Crippen LogP contribution in [0.5, 0.6) is 0 Å². The molecule has 0 saturated carbocycles. The Morgan fingerprint density at radius 1 is 1.00 bits per heavy atom. The van der Waals surface area contributed by atoms with Gasteiger partial charge in [-0.15, -0.1) is 11.3 Å². The molecule has 2 aromatic heterocycles. The predicted molar refractivity (Wildman–Crippen MR) is 154 cm³/mol. The number of hydrogen-bond acceptors (Lipinski definition) is 6. The van der Waals surface area contributed by atoms with Crippen molar-refractivity contribution in [3.8, 4) is 16.4 Å². The van der Waals surface area contributed by atoms with Gasteiger partial charge in [-0.05, 0) is 38.5 Å². The zero-order valence-electron chi connectivity index (χ0n) is 23.0. The number of aromatic nitrogens is 3. The van der Waals surface area contributed by atoms with E-state index in [0.717, 1.165) is 35.0 Å². The van der Waals surface area contributed by atoms with E-state index in [1.165, 1.54) is 16.7 Å². The highest BCUT2D eigenvalue weighted by atomic mass is 32.1. The monoisotopic (exact) mass is 550 g/mol. The summed E-state index contributed by atoms with van der Waals surface area (Å²) in [5, 5.41) is 28.3. The summed E-state index contributed by atoms with van der Waals surface area (Å²) in [5.41, 5.74) is 1.96. The number of carbonyl (C=O) groups is 3. The molecule has 0 spiro atoms. The Bertz CT molecular complexity index is 1480. The lowest BCUT2D eigenvalue weighted by molar-refractivity contribution is -0.147. The Labute approximate surface area is 231 Å². The number of fused-ring (bicyclic) bond motifs is 1. The van der Waals surface area contributed by atoms with Crippen molar-refractivity contribution >= 4 is 45.8 Å². The smallest absolute Gasteiger partial charge is 0.355 e. The van der Waals surface area contributed by atoms with Crippen molar-refractivity contribution in [2.45, 2.75) is 54.4 Å². The maximum Gasteiger partial charge on any atom is 0.355 e. The largest absolute Gasteiger partial charge is 0.481 e. The summed E-state index contributed by atoms with van der Waals surface area (Å²) < 4.78 is 1.63. The molecule has 0 saturated heterocycles. The average Bonchev–Trinajstić information content (AvgIpc) is 3.49. The number of carboxylic acid groups (broad SMARTS) is 2. The second-order valence-electron chi connectivity index (χ2n) is 10.8. The molecule has 0 aliphatic heterocycles. The van der Waals surface area contributed by atoms with E-state index >= 15 is 0 Å². The standard InChI is InChI=1S/C22H20N4O3S.C7H14O2/c1-22(2,3)20(29)23-14-9-10-15-17(11-14)26(21-24-16(12-30-21)19(27)28)25-18(15)13-7-5-4-6-8-13;1-4-5-7(2,3)6(8)9/h4-12H,1-3H3,(H,23,29)(H,27,28);4-5H2,1-3H3,(H,8,9). The molecule has 0 fully saturated rings. The number of aliphatic carboxylic acids is 1. The lowest BCUT2D eigenvalue weighted by Gasteiger charge is -2.17. The second kappa shape index (κ2) is 11.8. The predicted octanol–water partition coefficient (Wildman–Crippen LogP) is 6.73. The van der Waals surface area contributed by atoms with Crippen molar-refractivity contribution in [3.05, 3.63) is 59.6 Å². The number of hydrogen-bond donors (Lipinski definition) is 3. The van der Waals surface area contributed by atoms with Gasteiger partial charge < -0.3 is 15.5 Å². The number of anilines is 1. The minimum absolute atomic E-state index is 0.0305. The van der Waals surface area contributed by atoms with Gasteiger partial charge >= 0.3 is 11.9 Å². The molecule has 3 N–H and O–H groups in total. The van der Waals surface area contributed by atoms with E-state index in [1.807, 2.05) is 76.2 Å². The van der Waals surface area contributed by atoms with Gasteiger partial charge in [0, 0.05) is 27.4 Å². The number of nitrogens with one attached hydrogen (secondary N) is 1. The summed E-state index contributed by atoms with van der Waals surface area (Å²) >= 11 is 1.20. The Balaban J connectivity index is 0.000000403. The molecule has 10 heteroatoms. The van der Waals surface area contributed by atoms with Crippen LogP contribution < -0.4 is 5.32 Å². The third kappa shape index (κ3) is 7.08. The van der Waals surface area contributed by atoms with Crippen molar-refractivity contribution in [1.82, 2.24) is 14.8 Å². The zero-order chi connectivity index (χ0) is 29.0. The molecule has 0 atom stereocenters. The maximum absolute atomic E-state index is 12.4. The third-order valence-electron chi connectivity index (χ3n) is 6.01. The minimum Gasteiger partial charge on any atom is -0.481 e. The fourth-order valence-corrected chi connectivity index (χ4v) is 4.42. The molecule has 1 amide bonds. The van der Waals surface area contributed by atoms with E-state index in [1.54, 1.807) is 18.5 Å². The molecule has 0 radical (unpaired) electrons. The second-order valence-corrected chi connectivity index (χ2v) is 11.7. The van der Waals surface area contributed by atoms with Crippen molar-refractivity contribution in [2.75, 3.05) is 5.32 Å². The topological polar surface area (TPSA) is 134 Å². The number of carbonyl (C=O) groups excluding carboxylic acids is 1. The molecule has 0 unspecified atom stereocenters. The Kier molecular flexibility index (Phi) is 8.91. The van der Waals surface area contributed by atoms with Crippen LogP contribution in [-0.4, -0.2) is 42.8 Å². The lowest BCUT2D eigenvalue weighted by Crippen LogP contribution is -2.27. The maximum atomic E-state index is 12.4. The van der Waals surface area contributed by atoms with Gasteiger partial charge in [-0.25, -0.2) is 14.5 Å². The number of rotatable bonds is 7. The van der Waals surface area contributed by atoms with Crippen LogP contribution in [0.2, 0.25) is 0 Å². The van der Waals surface area contributed by atoms with Crippen LogP contribution in [0, 0.1) is 10.8 Å². The first-order valence-corrected chi connectivity index (χ1v) is 13.4. The van der Waals surface area contributed by atoms with E-state index in [0.29, 0.717) is 10.8 Å². The van der Waals surface area contributed by atoms with E-state index in [4.69, 9.17) is 10.2 Å². The van der Waals surface area contributed by atoms with E-state index < -0.39 is 22.8 Å². The van der Waals surface area contributed by atoms with Crippen LogP contribution in [0.4, 0.5) is 5.69 Å². The first-order valence-electron chi connectivity index (χ1n) is 12.6. The van der Waals surface area contributed by atoms with Crippen molar-refractivity contribution < 1.29 is 24.6 Å². The first-order chi connectivity index (χ1) is 18.2. The lowest BCUT2D eigenvalue weighted by atomic mass is 9.88. The Morgan fingerprint density at radius 3 is 2.18 bits per heavy atom. The van der Waals surface area contributed by atoms with Gasteiger partial charge in [0.2, 0.25) is 11.0 Å². The molecule has 0 bridgehead atoms. The zero-order valence-corrected chi connectivity index (χ0v) is 23.8. The quantitative estimate of drug-likeness (QED) is 0.232. The Morgan fingerprint density at radius 2 is 1.67 bits per heavy atom. The number of carboxylic acids is 2. The molecule has 39 heavy (non-hydrogen) atoms. The summed E-state index contributed by atoms with van der Waals surface area (Å²) in [4.78, 5) is 38.3. The van der Waals surface area contributed by atoms with Gasteiger partial charge in [0.05, 0.1) is 10.9 Å². The van der Waals surface area contributed by atoms with Gasteiger partial charge in [0.1, 0.15) is 5.69 Å². The van der Waals surface area contributed by atoms with Crippen LogP contribution in [0.1, 0.15) is 64.9 Å². The molecule has 4 rings (SSSR count). The Hall–Kier alpha value is -4.05. The number of nitrogens with zero attached hydrogens (tertiary/aromatic N) is 3. The molecule has 0 aliphatic carbocycles. The van der Waals surface area contributed by atoms with Gasteiger partial charge in [-0.3, -0.25) is 9.59 Å². The molecule has 2 aromatic carbocycles. The summed E-state index contributed by atoms with van der Waals surface area (Å²) in [6.45, 7) is 11.0. The summed E-state index contributed by atoms with van der Waals surface area (Å²) in [5.74, 6) is -1.89. The highest BCUT2D eigenvalue weighted by molar-refractivity contribution is 7.12. The minimum atomic E-state index is -1.09. The molecule has 4 aromatic rings. The van der Waals surface area contributed by atoms with E-state index in [9.17, 15) is 19.5 Å². The normalized spacial score (nSPS) is 11.5. The molecule has 0 aliphatic rings. The summed E-state index contributed by atoms with van der Waals surface area (Å²) in [6.07, 6.45) is 1.68. The summed E-state index contributed by atoms with van der Waals surface area (Å²) in [6, 6.07) is 15.3. The summed E-state index contributed by atoms with van der Waals surface area (Å²) in [7, 11) is 0. The average molecular weight is 551 g/mol. The molecule has 2 heterocycles. The number of amides is 1. The third-order valence-corrected chi connectivity index (χ3v) is 6.83. The number of benzene rings is 2. The van der Waals surface area contributed by atoms with E-state index in [2.05, 4.69) is 10.3 Å². The van der Waals surface area contributed by atoms with Crippen LogP contribution >= 0.6 is 11.3 Å². The first kappa shape index (κ1) is 29.5. The fourth-order valence-electron chi connectivity index (χ4n) is 3.66. The number of aromatic carboxylic acids is 1. The number of thiazole rings is 1. The molecule has 206 valence electrons. The van der Waals surface area contributed by atoms with Gasteiger partial charge in [0.25, 0.3) is 0 Å². The van der Waals surface area contributed by atoms with E-state index in [-0.39, 0.29) is 11.6 Å². The fraction of sp³-hybridized carbons (Fsp3) is 0.345. The SMILES string of the molecule is CC(C)(C)C(=O)Nc1ccc2c(-c3ccccc3)nn(-c3nc(C(=O)O)cs3)c2c1.CCCC(C)(C)C(=O)O. The van der Waals surface area contributed by atoms with Crippen LogP contribution in [0.25, 0.3) is 27.3 Å². The van der Waals surface area contributed by atoms with Gasteiger partial charge in [-0.1, -0.05) is 64.4 Å². The van der Waals surface area contributed by atoms with Crippen molar-refractivity contribution in [3.63, 3.8) is 0 Å². The van der Waals surface area contributed by atoms with Crippen molar-refractivity contribution in [2.24, 2.45) is 10.8 Å². The molecular formula is C29H34N4O5S. The highest BCUT2D eigenvalue weighted by Gasteiger charge is 2.25. The highest BCUT2D eigenvalue weighted by Crippen LogP contribution is 2.33. The van der Waals surface area contributed by atoms with Crippen LogP contribution in [0.15, 0.2) is 53.9 Å². The van der Waals surface area contributed by atoms with Crippen molar-refractivity contribution in [1.29, 1.82) is 0 Å². The van der Waals surface area contributed by atoms with Crippen LogP contribution in [0.3, 0.4) is 0 Å². The van der Waals surface area contributed by atoms with Crippen LogP contribution in [-0.2, 0) is 9.59 Å². The molecule has 9 nitrogen and oxygen atoms in total. The van der Waals surface area contributed by atoms with Gasteiger partial charge in [0.15, 0.2) is 5.69 Å². The van der Waals surface area contributed by atoms with Gasteiger partial charge in [-0.2, -0.15) is 5.10 Å². The molecular weight excluding hydrogens is 516 g/mol.